The van der Waals surface area contributed by atoms with Crippen LogP contribution in [0.5, 0.6) is 0 Å². The summed E-state index contributed by atoms with van der Waals surface area (Å²) in [6.07, 6.45) is 4.10. The van der Waals surface area contributed by atoms with Crippen molar-refractivity contribution in [3.63, 3.8) is 0 Å². The van der Waals surface area contributed by atoms with Crippen LogP contribution in [-0.2, 0) is 0 Å². The third kappa shape index (κ3) is 2.01. The van der Waals surface area contributed by atoms with Gasteiger partial charge in [0, 0.05) is 10.7 Å². The number of hydrogen-bond acceptors (Lipinski definition) is 4. The maximum Gasteiger partial charge on any atom is 0.307 e. The molecular formula is C8H5BrN4O2. The molecule has 2 heterocycles. The maximum atomic E-state index is 10.4. The molecule has 2 rings (SSSR count). The van der Waals surface area contributed by atoms with Crippen molar-refractivity contribution in [3.05, 3.63) is 45.3 Å². The molecule has 76 valence electrons. The minimum Gasteiger partial charge on any atom is -0.258 e. The van der Waals surface area contributed by atoms with Gasteiger partial charge in [-0.3, -0.25) is 10.1 Å². The van der Waals surface area contributed by atoms with Gasteiger partial charge >= 0.3 is 5.69 Å². The highest BCUT2D eigenvalue weighted by Gasteiger charge is 2.09. The molecule has 0 atom stereocenters. The van der Waals surface area contributed by atoms with Crippen molar-refractivity contribution >= 4 is 21.6 Å². The van der Waals surface area contributed by atoms with E-state index in [0.717, 1.165) is 4.47 Å². The van der Waals surface area contributed by atoms with Gasteiger partial charge in [0.2, 0.25) is 0 Å². The van der Waals surface area contributed by atoms with E-state index in [1.54, 1.807) is 18.3 Å². The molecule has 0 aromatic carbocycles. The highest BCUT2D eigenvalue weighted by molar-refractivity contribution is 9.10. The molecule has 0 bridgehead atoms. The highest BCUT2D eigenvalue weighted by atomic mass is 79.9. The molecule has 0 aliphatic heterocycles. The predicted octanol–water partition coefficient (Wildman–Crippen LogP) is 1.94. The van der Waals surface area contributed by atoms with E-state index in [1.165, 1.54) is 17.1 Å². The van der Waals surface area contributed by atoms with Crippen LogP contribution in [-0.4, -0.2) is 19.7 Å². The van der Waals surface area contributed by atoms with Gasteiger partial charge in [0.1, 0.15) is 12.4 Å². The predicted molar refractivity (Wildman–Crippen MR) is 55.7 cm³/mol. The van der Waals surface area contributed by atoms with Crippen LogP contribution < -0.4 is 0 Å². The first kappa shape index (κ1) is 9.78. The Morgan fingerprint density at radius 3 is 2.73 bits per heavy atom. The fourth-order valence-electron chi connectivity index (χ4n) is 1.04. The summed E-state index contributed by atoms with van der Waals surface area (Å²) in [6.45, 7) is 0. The molecule has 6 nitrogen and oxygen atoms in total. The van der Waals surface area contributed by atoms with E-state index in [0.29, 0.717) is 5.82 Å². The number of nitrogens with zero attached hydrogens (tertiary/aromatic N) is 4. The normalized spacial score (nSPS) is 10.2. The molecule has 0 unspecified atom stereocenters. The Hall–Kier alpha value is -1.76. The summed E-state index contributed by atoms with van der Waals surface area (Å²) in [5.74, 6) is 0.534. The Morgan fingerprint density at radius 1 is 1.40 bits per heavy atom. The van der Waals surface area contributed by atoms with Crippen molar-refractivity contribution in [1.29, 1.82) is 0 Å². The summed E-state index contributed by atoms with van der Waals surface area (Å²) in [5, 5.41) is 14.3. The number of hydrogen-bond donors (Lipinski definition) is 0. The van der Waals surface area contributed by atoms with E-state index in [9.17, 15) is 10.1 Å². The van der Waals surface area contributed by atoms with Crippen LogP contribution in [0.1, 0.15) is 0 Å². The van der Waals surface area contributed by atoms with Gasteiger partial charge in [-0.2, -0.15) is 5.10 Å². The summed E-state index contributed by atoms with van der Waals surface area (Å²) in [7, 11) is 0. The summed E-state index contributed by atoms with van der Waals surface area (Å²) in [4.78, 5) is 14.0. The van der Waals surface area contributed by atoms with Gasteiger partial charge in [-0.1, -0.05) is 0 Å². The van der Waals surface area contributed by atoms with Crippen molar-refractivity contribution in [2.24, 2.45) is 0 Å². The van der Waals surface area contributed by atoms with Gasteiger partial charge in [0.15, 0.2) is 5.82 Å². The molecule has 7 heteroatoms. The monoisotopic (exact) mass is 268 g/mol. The van der Waals surface area contributed by atoms with Crippen molar-refractivity contribution in [2.75, 3.05) is 0 Å². The Labute approximate surface area is 92.8 Å². The van der Waals surface area contributed by atoms with E-state index in [2.05, 4.69) is 26.0 Å². The SMILES string of the molecule is O=[N+]([O-])c1cnn(-c2ccc(Br)cn2)c1. The lowest BCUT2D eigenvalue weighted by atomic mass is 10.5. The maximum absolute atomic E-state index is 10.4. The van der Waals surface area contributed by atoms with Crippen LogP contribution in [0.15, 0.2) is 35.2 Å². The second-order valence-corrected chi connectivity index (χ2v) is 3.65. The smallest absolute Gasteiger partial charge is 0.258 e. The van der Waals surface area contributed by atoms with Crippen molar-refractivity contribution in [2.45, 2.75) is 0 Å². The second kappa shape index (κ2) is 3.77. The topological polar surface area (TPSA) is 73.8 Å². The summed E-state index contributed by atoms with van der Waals surface area (Å²) >= 11 is 3.25. The quantitative estimate of drug-likeness (QED) is 0.616. The average molecular weight is 269 g/mol. The molecule has 15 heavy (non-hydrogen) atoms. The molecule has 0 fully saturated rings. The second-order valence-electron chi connectivity index (χ2n) is 2.73. The zero-order chi connectivity index (χ0) is 10.8. The summed E-state index contributed by atoms with van der Waals surface area (Å²) in [5.41, 5.74) is -0.0558. The fraction of sp³-hybridized carbons (Fsp3) is 0. The lowest BCUT2D eigenvalue weighted by Gasteiger charge is -1.97. The summed E-state index contributed by atoms with van der Waals surface area (Å²) < 4.78 is 2.19. The molecule has 2 aromatic heterocycles. The van der Waals surface area contributed by atoms with E-state index in [-0.39, 0.29) is 5.69 Å². The van der Waals surface area contributed by atoms with E-state index in [1.807, 2.05) is 0 Å². The molecular weight excluding hydrogens is 264 g/mol. The molecule has 0 saturated carbocycles. The van der Waals surface area contributed by atoms with Gasteiger partial charge in [-0.25, -0.2) is 9.67 Å². The van der Waals surface area contributed by atoms with Crippen LogP contribution in [0.4, 0.5) is 5.69 Å². The number of nitro groups is 1. The van der Waals surface area contributed by atoms with Crippen molar-refractivity contribution in [3.8, 4) is 5.82 Å². The first-order valence-electron chi connectivity index (χ1n) is 3.98. The Kier molecular flexibility index (Phi) is 2.46. The van der Waals surface area contributed by atoms with E-state index in [4.69, 9.17) is 0 Å². The van der Waals surface area contributed by atoms with Crippen LogP contribution >= 0.6 is 15.9 Å². The van der Waals surface area contributed by atoms with Crippen molar-refractivity contribution < 1.29 is 4.92 Å². The highest BCUT2D eigenvalue weighted by Crippen LogP contribution is 2.13. The molecule has 0 amide bonds. The molecule has 0 saturated heterocycles. The van der Waals surface area contributed by atoms with Gasteiger partial charge in [0.05, 0.1) is 4.92 Å². The van der Waals surface area contributed by atoms with Crippen molar-refractivity contribution in [1.82, 2.24) is 14.8 Å². The number of halogens is 1. The standard InChI is InChI=1S/C8H5BrN4O2/c9-6-1-2-8(10-3-6)12-5-7(4-11-12)13(14)15/h1-5H. The average Bonchev–Trinajstić information content (AvgIpc) is 2.68. The Morgan fingerprint density at radius 2 is 2.20 bits per heavy atom. The Balaban J connectivity index is 2.37. The molecule has 2 aromatic rings. The number of aromatic nitrogens is 3. The molecule has 0 radical (unpaired) electrons. The van der Waals surface area contributed by atoms with Crippen LogP contribution in [0.3, 0.4) is 0 Å². The first-order chi connectivity index (χ1) is 7.16. The minimum atomic E-state index is -0.498. The van der Waals surface area contributed by atoms with Gasteiger partial charge in [-0.15, -0.1) is 0 Å². The van der Waals surface area contributed by atoms with Gasteiger partial charge in [-0.05, 0) is 28.1 Å². The Bertz CT molecular complexity index is 494. The first-order valence-corrected chi connectivity index (χ1v) is 4.77. The number of pyridine rings is 1. The largest absolute Gasteiger partial charge is 0.307 e. The summed E-state index contributed by atoms with van der Waals surface area (Å²) in [6, 6.07) is 3.50. The molecule has 0 N–H and O–H groups in total. The third-order valence-corrected chi connectivity index (χ3v) is 2.20. The third-order valence-electron chi connectivity index (χ3n) is 1.73. The molecule has 0 aliphatic carbocycles. The molecule has 0 spiro atoms. The van der Waals surface area contributed by atoms with Crippen LogP contribution in [0.2, 0.25) is 0 Å². The van der Waals surface area contributed by atoms with Crippen LogP contribution in [0, 0.1) is 10.1 Å². The molecule has 0 aliphatic rings. The lowest BCUT2D eigenvalue weighted by Crippen LogP contribution is -1.96. The zero-order valence-electron chi connectivity index (χ0n) is 7.37. The van der Waals surface area contributed by atoms with E-state index < -0.39 is 4.92 Å². The van der Waals surface area contributed by atoms with Gasteiger partial charge in [0.25, 0.3) is 0 Å². The lowest BCUT2D eigenvalue weighted by molar-refractivity contribution is -0.384. The van der Waals surface area contributed by atoms with E-state index >= 15 is 0 Å². The van der Waals surface area contributed by atoms with Gasteiger partial charge < -0.3 is 0 Å². The zero-order valence-corrected chi connectivity index (χ0v) is 8.96. The fourth-order valence-corrected chi connectivity index (χ4v) is 1.27. The number of rotatable bonds is 2. The van der Waals surface area contributed by atoms with Crippen LogP contribution in [0.25, 0.3) is 5.82 Å². The minimum absolute atomic E-state index is 0.0558.